The number of rotatable bonds is 3. The molecule has 0 bridgehead atoms. The van der Waals surface area contributed by atoms with Crippen LogP contribution in [0, 0.1) is 0 Å². The molecule has 0 fully saturated rings. The van der Waals surface area contributed by atoms with E-state index < -0.39 is 0 Å². The molecule has 0 radical (unpaired) electrons. The Morgan fingerprint density at radius 1 is 1.31 bits per heavy atom. The molecule has 0 aliphatic carbocycles. The Morgan fingerprint density at radius 2 is 2.00 bits per heavy atom. The van der Waals surface area contributed by atoms with Crippen molar-refractivity contribution in [3.05, 3.63) is 36.4 Å². The maximum atomic E-state index is 5.64. The summed E-state index contributed by atoms with van der Waals surface area (Å²) < 4.78 is 1.77. The van der Waals surface area contributed by atoms with Gasteiger partial charge in [0.25, 0.3) is 0 Å². The number of nitrogens with zero attached hydrogens (tertiary/aromatic N) is 4. The minimum Gasteiger partial charge on any atom is -0.399 e. The number of benzene rings is 1. The molecule has 5 nitrogen and oxygen atoms in total. The van der Waals surface area contributed by atoms with Crippen molar-refractivity contribution in [3.63, 3.8) is 0 Å². The molecule has 1 heterocycles. The minimum atomic E-state index is 0.723. The first-order chi connectivity index (χ1) is 7.66. The van der Waals surface area contributed by atoms with E-state index in [4.69, 9.17) is 5.73 Å². The zero-order chi connectivity index (χ0) is 11.5. The zero-order valence-corrected chi connectivity index (χ0v) is 9.46. The molecule has 16 heavy (non-hydrogen) atoms. The SMILES string of the molecule is CN(Cc1ncnn1C)c1ccc(N)cc1. The third-order valence-corrected chi connectivity index (χ3v) is 2.52. The molecule has 0 unspecified atom stereocenters. The second-order valence-corrected chi connectivity index (χ2v) is 3.75. The Balaban J connectivity index is 2.11. The van der Waals surface area contributed by atoms with E-state index in [1.54, 1.807) is 11.0 Å². The lowest BCUT2D eigenvalue weighted by atomic mass is 10.2. The molecule has 0 aliphatic rings. The highest BCUT2D eigenvalue weighted by Gasteiger charge is 2.05. The lowest BCUT2D eigenvalue weighted by Gasteiger charge is -2.18. The number of hydrogen-bond donors (Lipinski definition) is 1. The standard InChI is InChI=1S/C11H15N5/c1-15(7-11-13-8-14-16(11)2)10-5-3-9(12)4-6-10/h3-6,8H,7,12H2,1-2H3. The van der Waals surface area contributed by atoms with E-state index in [9.17, 15) is 0 Å². The fourth-order valence-electron chi connectivity index (χ4n) is 1.50. The van der Waals surface area contributed by atoms with Crippen LogP contribution in [0.2, 0.25) is 0 Å². The third kappa shape index (κ3) is 2.13. The molecule has 0 spiro atoms. The van der Waals surface area contributed by atoms with E-state index in [-0.39, 0.29) is 0 Å². The highest BCUT2D eigenvalue weighted by atomic mass is 15.3. The van der Waals surface area contributed by atoms with Crippen LogP contribution >= 0.6 is 0 Å². The molecule has 0 atom stereocenters. The average molecular weight is 217 g/mol. The van der Waals surface area contributed by atoms with Gasteiger partial charge in [-0.15, -0.1) is 0 Å². The van der Waals surface area contributed by atoms with E-state index in [0.717, 1.165) is 23.7 Å². The van der Waals surface area contributed by atoms with E-state index in [0.29, 0.717) is 0 Å². The third-order valence-electron chi connectivity index (χ3n) is 2.52. The van der Waals surface area contributed by atoms with Crippen LogP contribution in [0.25, 0.3) is 0 Å². The Kier molecular flexibility index (Phi) is 2.76. The predicted octanol–water partition coefficient (Wildman–Crippen LogP) is 1.03. The van der Waals surface area contributed by atoms with E-state index in [2.05, 4.69) is 15.0 Å². The number of aryl methyl sites for hydroxylation is 1. The van der Waals surface area contributed by atoms with Crippen molar-refractivity contribution in [2.75, 3.05) is 17.7 Å². The van der Waals surface area contributed by atoms with Gasteiger partial charge in [0.2, 0.25) is 0 Å². The maximum absolute atomic E-state index is 5.64. The van der Waals surface area contributed by atoms with Crippen LogP contribution in [0.3, 0.4) is 0 Å². The Labute approximate surface area is 94.5 Å². The quantitative estimate of drug-likeness (QED) is 0.780. The average Bonchev–Trinajstić information content (AvgIpc) is 2.65. The fraction of sp³-hybridized carbons (Fsp3) is 0.273. The highest BCUT2D eigenvalue weighted by molar-refractivity contribution is 5.52. The number of anilines is 2. The summed E-state index contributed by atoms with van der Waals surface area (Å²) >= 11 is 0. The molecule has 1 aromatic carbocycles. The van der Waals surface area contributed by atoms with Gasteiger partial charge in [-0.3, -0.25) is 4.68 Å². The summed E-state index contributed by atoms with van der Waals surface area (Å²) in [6.07, 6.45) is 1.56. The molecular formula is C11H15N5. The summed E-state index contributed by atoms with van der Waals surface area (Å²) in [5.74, 6) is 0.930. The lowest BCUT2D eigenvalue weighted by molar-refractivity contribution is 0.688. The first-order valence-electron chi connectivity index (χ1n) is 5.06. The predicted molar refractivity (Wildman–Crippen MR) is 64.0 cm³/mol. The smallest absolute Gasteiger partial charge is 0.146 e. The molecule has 2 N–H and O–H groups in total. The van der Waals surface area contributed by atoms with E-state index in [1.165, 1.54) is 0 Å². The summed E-state index contributed by atoms with van der Waals surface area (Å²) in [6, 6.07) is 7.77. The van der Waals surface area contributed by atoms with Gasteiger partial charge in [-0.1, -0.05) is 0 Å². The van der Waals surface area contributed by atoms with Crippen molar-refractivity contribution in [1.82, 2.24) is 14.8 Å². The molecule has 1 aromatic heterocycles. The summed E-state index contributed by atoms with van der Waals surface area (Å²) in [4.78, 5) is 6.28. The topological polar surface area (TPSA) is 60.0 Å². The Hall–Kier alpha value is -2.04. The second kappa shape index (κ2) is 4.22. The molecule has 84 valence electrons. The van der Waals surface area contributed by atoms with Crippen molar-refractivity contribution >= 4 is 11.4 Å². The van der Waals surface area contributed by atoms with Crippen LogP contribution in [0.15, 0.2) is 30.6 Å². The van der Waals surface area contributed by atoms with Crippen molar-refractivity contribution in [1.29, 1.82) is 0 Å². The summed E-state index contributed by atoms with van der Waals surface area (Å²) in [5.41, 5.74) is 7.52. The summed E-state index contributed by atoms with van der Waals surface area (Å²) in [6.45, 7) is 0.723. The van der Waals surface area contributed by atoms with Gasteiger partial charge in [0, 0.05) is 25.5 Å². The van der Waals surface area contributed by atoms with Crippen LogP contribution in [0.4, 0.5) is 11.4 Å². The summed E-state index contributed by atoms with van der Waals surface area (Å²) in [7, 11) is 3.90. The van der Waals surface area contributed by atoms with Crippen LogP contribution < -0.4 is 10.6 Å². The lowest BCUT2D eigenvalue weighted by Crippen LogP contribution is -2.19. The van der Waals surface area contributed by atoms with Gasteiger partial charge in [-0.2, -0.15) is 5.10 Å². The van der Waals surface area contributed by atoms with Gasteiger partial charge >= 0.3 is 0 Å². The molecule has 0 saturated heterocycles. The van der Waals surface area contributed by atoms with Gasteiger partial charge in [-0.25, -0.2) is 4.98 Å². The minimum absolute atomic E-state index is 0.723. The van der Waals surface area contributed by atoms with Crippen molar-refractivity contribution in [2.45, 2.75) is 6.54 Å². The van der Waals surface area contributed by atoms with Crippen LogP contribution in [-0.2, 0) is 13.6 Å². The molecule has 0 aliphatic heterocycles. The molecule has 2 rings (SSSR count). The number of nitrogens with two attached hydrogens (primary N) is 1. The van der Waals surface area contributed by atoms with E-state index >= 15 is 0 Å². The summed E-state index contributed by atoms with van der Waals surface area (Å²) in [5, 5.41) is 4.04. The van der Waals surface area contributed by atoms with Crippen molar-refractivity contribution in [3.8, 4) is 0 Å². The molecule has 5 heteroatoms. The van der Waals surface area contributed by atoms with Crippen molar-refractivity contribution in [2.24, 2.45) is 7.05 Å². The monoisotopic (exact) mass is 217 g/mol. The Morgan fingerprint density at radius 3 is 2.56 bits per heavy atom. The molecule has 2 aromatic rings. The number of nitrogen functional groups attached to an aromatic ring is 1. The molecule has 0 amide bonds. The maximum Gasteiger partial charge on any atom is 0.146 e. The van der Waals surface area contributed by atoms with Gasteiger partial charge in [0.15, 0.2) is 0 Å². The first-order valence-corrected chi connectivity index (χ1v) is 5.06. The molecule has 0 saturated carbocycles. The van der Waals surface area contributed by atoms with Gasteiger partial charge < -0.3 is 10.6 Å². The van der Waals surface area contributed by atoms with Gasteiger partial charge in [-0.05, 0) is 24.3 Å². The number of hydrogen-bond acceptors (Lipinski definition) is 4. The normalized spacial score (nSPS) is 10.4. The number of aromatic nitrogens is 3. The van der Waals surface area contributed by atoms with Gasteiger partial charge in [0.05, 0.1) is 6.54 Å². The highest BCUT2D eigenvalue weighted by Crippen LogP contribution is 2.16. The first kappa shape index (κ1) is 10.5. The van der Waals surface area contributed by atoms with Crippen LogP contribution in [0.1, 0.15) is 5.82 Å². The zero-order valence-electron chi connectivity index (χ0n) is 9.46. The van der Waals surface area contributed by atoms with Crippen LogP contribution in [0.5, 0.6) is 0 Å². The second-order valence-electron chi connectivity index (χ2n) is 3.75. The van der Waals surface area contributed by atoms with Crippen molar-refractivity contribution < 1.29 is 0 Å². The van der Waals surface area contributed by atoms with Crippen LogP contribution in [-0.4, -0.2) is 21.8 Å². The largest absolute Gasteiger partial charge is 0.399 e. The van der Waals surface area contributed by atoms with E-state index in [1.807, 2.05) is 38.4 Å². The fourth-order valence-corrected chi connectivity index (χ4v) is 1.50. The Bertz CT molecular complexity index is 459. The molecular weight excluding hydrogens is 202 g/mol. The van der Waals surface area contributed by atoms with Gasteiger partial charge in [0.1, 0.15) is 12.2 Å².